The standard InChI is InChI=1S/C19H25NO2/c1-4-14-7-8-15(5-2)19(14,21)12-20-18-10-13-6-9-16(22-3)11-17(13)18/h4-6,9,11,14-15,18,20-21H,1-2,7-8,10,12H2,3H3/t14-,15-,18?/m0/s1. The van der Waals surface area contributed by atoms with Crippen LogP contribution in [0.25, 0.3) is 0 Å². The second kappa shape index (κ2) is 5.90. The molecular weight excluding hydrogens is 274 g/mol. The summed E-state index contributed by atoms with van der Waals surface area (Å²) in [4.78, 5) is 0. The van der Waals surface area contributed by atoms with Gasteiger partial charge < -0.3 is 15.2 Å². The molecule has 22 heavy (non-hydrogen) atoms. The average molecular weight is 299 g/mol. The fraction of sp³-hybridized carbons (Fsp3) is 0.474. The molecule has 0 spiro atoms. The zero-order valence-electron chi connectivity index (χ0n) is 13.2. The van der Waals surface area contributed by atoms with Crippen molar-refractivity contribution in [1.82, 2.24) is 5.32 Å². The lowest BCUT2D eigenvalue weighted by molar-refractivity contribution is -0.00864. The summed E-state index contributed by atoms with van der Waals surface area (Å²) in [6.07, 6.45) is 6.75. The molecule has 0 aromatic heterocycles. The number of hydrogen-bond acceptors (Lipinski definition) is 3. The van der Waals surface area contributed by atoms with Crippen molar-refractivity contribution in [1.29, 1.82) is 0 Å². The molecule has 3 heteroatoms. The molecule has 1 saturated carbocycles. The van der Waals surface area contributed by atoms with Gasteiger partial charge in [0, 0.05) is 24.4 Å². The minimum atomic E-state index is -0.766. The summed E-state index contributed by atoms with van der Waals surface area (Å²) in [6, 6.07) is 6.51. The van der Waals surface area contributed by atoms with Crippen molar-refractivity contribution in [3.63, 3.8) is 0 Å². The van der Waals surface area contributed by atoms with Gasteiger partial charge in [0.2, 0.25) is 0 Å². The number of aliphatic hydroxyl groups is 1. The van der Waals surface area contributed by atoms with Crippen molar-refractivity contribution in [3.05, 3.63) is 54.6 Å². The highest BCUT2D eigenvalue weighted by Gasteiger charge is 2.46. The van der Waals surface area contributed by atoms with E-state index in [0.29, 0.717) is 12.6 Å². The van der Waals surface area contributed by atoms with Crippen molar-refractivity contribution < 1.29 is 9.84 Å². The van der Waals surface area contributed by atoms with E-state index in [0.717, 1.165) is 25.0 Å². The molecule has 0 saturated heterocycles. The van der Waals surface area contributed by atoms with Crippen LogP contribution in [-0.4, -0.2) is 24.4 Å². The Balaban J connectivity index is 1.69. The fourth-order valence-corrected chi connectivity index (χ4v) is 3.92. The molecule has 0 heterocycles. The SMILES string of the molecule is C=C[C@H]1CC[C@H](C=C)C1(O)CNC1Cc2ccc(OC)cc21. The van der Waals surface area contributed by atoms with Crippen LogP contribution in [0.1, 0.15) is 30.0 Å². The molecular formula is C19H25NO2. The van der Waals surface area contributed by atoms with Gasteiger partial charge in [0.25, 0.3) is 0 Å². The van der Waals surface area contributed by atoms with Crippen LogP contribution in [0.5, 0.6) is 5.75 Å². The number of benzene rings is 1. The highest BCUT2D eigenvalue weighted by molar-refractivity contribution is 5.44. The highest BCUT2D eigenvalue weighted by Crippen LogP contribution is 2.43. The van der Waals surface area contributed by atoms with Crippen molar-refractivity contribution >= 4 is 0 Å². The van der Waals surface area contributed by atoms with Gasteiger partial charge in [0.1, 0.15) is 5.75 Å². The van der Waals surface area contributed by atoms with Crippen LogP contribution in [-0.2, 0) is 6.42 Å². The Labute approximate surface area is 132 Å². The smallest absolute Gasteiger partial charge is 0.119 e. The number of rotatable bonds is 6. The zero-order chi connectivity index (χ0) is 15.7. The predicted molar refractivity (Wildman–Crippen MR) is 89.0 cm³/mol. The summed E-state index contributed by atoms with van der Waals surface area (Å²) in [6.45, 7) is 8.35. The van der Waals surface area contributed by atoms with E-state index in [9.17, 15) is 5.11 Å². The molecule has 1 unspecified atom stereocenters. The van der Waals surface area contributed by atoms with Crippen molar-refractivity contribution in [2.75, 3.05) is 13.7 Å². The van der Waals surface area contributed by atoms with Crippen molar-refractivity contribution in [3.8, 4) is 5.75 Å². The average Bonchev–Trinajstić information content (AvgIpc) is 2.84. The molecule has 0 aliphatic heterocycles. The maximum absolute atomic E-state index is 11.1. The van der Waals surface area contributed by atoms with Gasteiger partial charge in [0.05, 0.1) is 12.7 Å². The summed E-state index contributed by atoms with van der Waals surface area (Å²) in [5, 5.41) is 14.6. The molecule has 1 aromatic carbocycles. The van der Waals surface area contributed by atoms with Crippen molar-refractivity contribution in [2.24, 2.45) is 11.8 Å². The summed E-state index contributed by atoms with van der Waals surface area (Å²) in [7, 11) is 1.69. The normalized spacial score (nSPS) is 28.5. The molecule has 2 aliphatic rings. The monoisotopic (exact) mass is 299 g/mol. The van der Waals surface area contributed by atoms with E-state index in [2.05, 4.69) is 30.6 Å². The van der Waals surface area contributed by atoms with Crippen LogP contribution in [0.2, 0.25) is 0 Å². The van der Waals surface area contributed by atoms with Crippen LogP contribution in [0, 0.1) is 11.8 Å². The molecule has 0 bridgehead atoms. The second-order valence-corrected chi connectivity index (χ2v) is 6.46. The lowest BCUT2D eigenvalue weighted by Crippen LogP contribution is -2.49. The predicted octanol–water partition coefficient (Wildman–Crippen LogP) is 3.01. The van der Waals surface area contributed by atoms with Gasteiger partial charge in [-0.15, -0.1) is 13.2 Å². The van der Waals surface area contributed by atoms with Crippen LogP contribution < -0.4 is 10.1 Å². The summed E-state index contributed by atoms with van der Waals surface area (Å²) >= 11 is 0. The first-order valence-corrected chi connectivity index (χ1v) is 8.00. The Morgan fingerprint density at radius 2 is 2.00 bits per heavy atom. The molecule has 1 aromatic rings. The van der Waals surface area contributed by atoms with E-state index in [1.165, 1.54) is 11.1 Å². The third-order valence-corrected chi connectivity index (χ3v) is 5.43. The number of nitrogens with one attached hydrogen (secondary N) is 1. The molecule has 3 nitrogen and oxygen atoms in total. The van der Waals surface area contributed by atoms with Gasteiger partial charge in [0.15, 0.2) is 0 Å². The second-order valence-electron chi connectivity index (χ2n) is 6.46. The van der Waals surface area contributed by atoms with E-state index < -0.39 is 5.60 Å². The minimum absolute atomic E-state index is 0.132. The molecule has 1 fully saturated rings. The molecule has 0 amide bonds. The Morgan fingerprint density at radius 1 is 1.32 bits per heavy atom. The van der Waals surface area contributed by atoms with E-state index >= 15 is 0 Å². The van der Waals surface area contributed by atoms with E-state index in [4.69, 9.17) is 4.74 Å². The molecule has 3 atom stereocenters. The van der Waals surface area contributed by atoms with Gasteiger partial charge in [-0.05, 0) is 42.5 Å². The first kappa shape index (κ1) is 15.3. The number of methoxy groups -OCH3 is 1. The molecule has 118 valence electrons. The van der Waals surface area contributed by atoms with Gasteiger partial charge >= 0.3 is 0 Å². The lowest BCUT2D eigenvalue weighted by atomic mass is 9.80. The maximum atomic E-state index is 11.1. The van der Waals surface area contributed by atoms with E-state index in [1.807, 2.05) is 18.2 Å². The number of ether oxygens (including phenoxy) is 1. The number of hydrogen-bond donors (Lipinski definition) is 2. The summed E-state index contributed by atoms with van der Waals surface area (Å²) in [5.41, 5.74) is 1.88. The molecule has 3 rings (SSSR count). The van der Waals surface area contributed by atoms with Crippen LogP contribution in [0.4, 0.5) is 0 Å². The third-order valence-electron chi connectivity index (χ3n) is 5.43. The van der Waals surface area contributed by atoms with Crippen molar-refractivity contribution in [2.45, 2.75) is 30.9 Å². The Bertz CT molecular complexity index is 565. The molecule has 0 radical (unpaired) electrons. The lowest BCUT2D eigenvalue weighted by Gasteiger charge is -2.38. The summed E-state index contributed by atoms with van der Waals surface area (Å²) in [5.74, 6) is 1.15. The van der Waals surface area contributed by atoms with Gasteiger partial charge in [-0.25, -0.2) is 0 Å². The summed E-state index contributed by atoms with van der Waals surface area (Å²) < 4.78 is 5.30. The first-order valence-electron chi connectivity index (χ1n) is 8.00. The number of fused-ring (bicyclic) bond motifs is 1. The minimum Gasteiger partial charge on any atom is -0.497 e. The third kappa shape index (κ3) is 2.38. The van der Waals surface area contributed by atoms with Crippen LogP contribution in [0.15, 0.2) is 43.5 Å². The Hall–Kier alpha value is -1.58. The van der Waals surface area contributed by atoms with Crippen LogP contribution >= 0.6 is 0 Å². The highest BCUT2D eigenvalue weighted by atomic mass is 16.5. The zero-order valence-corrected chi connectivity index (χ0v) is 13.2. The quantitative estimate of drug-likeness (QED) is 0.793. The first-order chi connectivity index (χ1) is 10.6. The Morgan fingerprint density at radius 3 is 2.59 bits per heavy atom. The fourth-order valence-electron chi connectivity index (χ4n) is 3.92. The van der Waals surface area contributed by atoms with E-state index in [-0.39, 0.29) is 11.8 Å². The van der Waals surface area contributed by atoms with Gasteiger partial charge in [-0.2, -0.15) is 0 Å². The largest absolute Gasteiger partial charge is 0.497 e. The van der Waals surface area contributed by atoms with E-state index in [1.54, 1.807) is 7.11 Å². The Kier molecular flexibility index (Phi) is 4.11. The maximum Gasteiger partial charge on any atom is 0.119 e. The molecule has 2 N–H and O–H groups in total. The molecule has 2 aliphatic carbocycles. The van der Waals surface area contributed by atoms with Gasteiger partial charge in [-0.3, -0.25) is 0 Å². The topological polar surface area (TPSA) is 41.5 Å². The van der Waals surface area contributed by atoms with Crippen LogP contribution in [0.3, 0.4) is 0 Å². The van der Waals surface area contributed by atoms with Gasteiger partial charge in [-0.1, -0.05) is 18.2 Å².